The molecule has 1 aliphatic heterocycles. The number of carbonyl (C=O) groups excluding carboxylic acids is 1. The summed E-state index contributed by atoms with van der Waals surface area (Å²) in [5.74, 6) is 1.72. The number of hydrogen-bond donors (Lipinski definition) is 1. The Morgan fingerprint density at radius 3 is 3.00 bits per heavy atom. The van der Waals surface area contributed by atoms with Crippen molar-refractivity contribution in [1.82, 2.24) is 20.2 Å². The zero-order valence-corrected chi connectivity index (χ0v) is 14.6. The van der Waals surface area contributed by atoms with E-state index in [1.807, 2.05) is 6.07 Å². The molecule has 0 unspecified atom stereocenters. The summed E-state index contributed by atoms with van der Waals surface area (Å²) in [6.07, 6.45) is 4.58. The minimum Gasteiger partial charge on any atom is -0.381 e. The molecule has 2 heterocycles. The zero-order valence-electron chi connectivity index (χ0n) is 13.8. The maximum Gasteiger partial charge on any atom is 0.224 e. The summed E-state index contributed by atoms with van der Waals surface area (Å²) in [6, 6.07) is 5.38. The van der Waals surface area contributed by atoms with Crippen molar-refractivity contribution in [3.05, 3.63) is 29.0 Å². The molecule has 132 valence electrons. The van der Waals surface area contributed by atoms with Crippen molar-refractivity contribution < 1.29 is 9.53 Å². The van der Waals surface area contributed by atoms with E-state index in [-0.39, 0.29) is 5.91 Å². The van der Waals surface area contributed by atoms with Gasteiger partial charge in [0, 0.05) is 31.2 Å². The molecule has 2 aromatic rings. The summed E-state index contributed by atoms with van der Waals surface area (Å²) in [5.41, 5.74) is 1.39. The lowest BCUT2D eigenvalue weighted by Gasteiger charge is -2.11. The number of halogens is 1. The van der Waals surface area contributed by atoms with Crippen LogP contribution in [-0.4, -0.2) is 39.3 Å². The maximum atomic E-state index is 12.2. The second-order valence-electron chi connectivity index (χ2n) is 6.71. The first kappa shape index (κ1) is 16.5. The molecule has 0 radical (unpaired) electrons. The van der Waals surface area contributed by atoms with Crippen molar-refractivity contribution in [2.75, 3.05) is 18.5 Å². The van der Waals surface area contributed by atoms with Gasteiger partial charge in [-0.05, 0) is 60.2 Å². The van der Waals surface area contributed by atoms with Crippen molar-refractivity contribution in [2.45, 2.75) is 38.0 Å². The average Bonchev–Trinajstić information content (AvgIpc) is 3.11. The highest BCUT2D eigenvalue weighted by molar-refractivity contribution is 6.32. The van der Waals surface area contributed by atoms with Crippen molar-refractivity contribution in [3.8, 4) is 5.69 Å². The number of hydrogen-bond acceptors (Lipinski definition) is 5. The number of carbonyl (C=O) groups is 1. The van der Waals surface area contributed by atoms with Gasteiger partial charge in [0.1, 0.15) is 0 Å². The Balaban J connectivity index is 1.45. The lowest BCUT2D eigenvalue weighted by molar-refractivity contribution is -0.116. The van der Waals surface area contributed by atoms with Gasteiger partial charge in [0.15, 0.2) is 5.82 Å². The molecule has 4 rings (SSSR count). The molecular weight excluding hydrogens is 342 g/mol. The van der Waals surface area contributed by atoms with Crippen molar-refractivity contribution in [3.63, 3.8) is 0 Å². The first-order valence-electron chi connectivity index (χ1n) is 8.66. The first-order chi connectivity index (χ1) is 12.2. The minimum atomic E-state index is -0.000644. The number of nitrogens with one attached hydrogen (secondary N) is 1. The van der Waals surface area contributed by atoms with Gasteiger partial charge in [-0.1, -0.05) is 11.6 Å². The van der Waals surface area contributed by atoms with Gasteiger partial charge in [-0.2, -0.15) is 4.68 Å². The molecule has 1 atom stereocenters. The van der Waals surface area contributed by atoms with Crippen LogP contribution in [0.3, 0.4) is 0 Å². The SMILES string of the molecule is O=C(CC[C@H]1CCOC1)Nc1ccc(Cl)c(-n2nnnc2C2CC2)c1. The molecule has 1 aromatic carbocycles. The van der Waals surface area contributed by atoms with E-state index in [0.717, 1.165) is 44.7 Å². The van der Waals surface area contributed by atoms with Crippen LogP contribution in [0.25, 0.3) is 5.69 Å². The molecule has 2 aliphatic rings. The largest absolute Gasteiger partial charge is 0.381 e. The second kappa shape index (κ2) is 7.09. The Kier molecular flexibility index (Phi) is 4.67. The summed E-state index contributed by atoms with van der Waals surface area (Å²) in [6.45, 7) is 1.57. The van der Waals surface area contributed by atoms with Crippen molar-refractivity contribution in [1.29, 1.82) is 0 Å². The third-order valence-corrected chi connectivity index (χ3v) is 5.02. The van der Waals surface area contributed by atoms with E-state index in [2.05, 4.69) is 20.8 Å². The van der Waals surface area contributed by atoms with Gasteiger partial charge in [-0.3, -0.25) is 4.79 Å². The van der Waals surface area contributed by atoms with Crippen LogP contribution in [-0.2, 0) is 9.53 Å². The van der Waals surface area contributed by atoms with Crippen molar-refractivity contribution in [2.24, 2.45) is 5.92 Å². The van der Waals surface area contributed by atoms with Crippen LogP contribution >= 0.6 is 11.6 Å². The summed E-state index contributed by atoms with van der Waals surface area (Å²) in [7, 11) is 0. The molecule has 1 N–H and O–H groups in total. The van der Waals surface area contributed by atoms with Crippen LogP contribution in [0.15, 0.2) is 18.2 Å². The molecule has 1 saturated carbocycles. The lowest BCUT2D eigenvalue weighted by atomic mass is 10.0. The molecule has 7 nitrogen and oxygen atoms in total. The van der Waals surface area contributed by atoms with E-state index in [0.29, 0.717) is 34.7 Å². The lowest BCUT2D eigenvalue weighted by Crippen LogP contribution is -2.14. The zero-order chi connectivity index (χ0) is 17.2. The van der Waals surface area contributed by atoms with Crippen LogP contribution in [0.5, 0.6) is 0 Å². The van der Waals surface area contributed by atoms with Crippen LogP contribution in [0.2, 0.25) is 5.02 Å². The third-order valence-electron chi connectivity index (χ3n) is 4.70. The van der Waals surface area contributed by atoms with Gasteiger partial charge < -0.3 is 10.1 Å². The highest BCUT2D eigenvalue weighted by Crippen LogP contribution is 2.40. The number of aromatic nitrogens is 4. The highest BCUT2D eigenvalue weighted by Gasteiger charge is 2.30. The highest BCUT2D eigenvalue weighted by atomic mass is 35.5. The van der Waals surface area contributed by atoms with Crippen LogP contribution in [0.4, 0.5) is 5.69 Å². The predicted octanol–water partition coefficient (Wildman–Crippen LogP) is 2.95. The number of tetrazole rings is 1. The number of anilines is 1. The Labute approximate surface area is 150 Å². The van der Waals surface area contributed by atoms with Gasteiger partial charge in [-0.25, -0.2) is 0 Å². The van der Waals surface area contributed by atoms with Gasteiger partial charge in [0.2, 0.25) is 5.91 Å². The fraction of sp³-hybridized carbons (Fsp3) is 0.529. The van der Waals surface area contributed by atoms with Gasteiger partial charge in [-0.15, -0.1) is 5.10 Å². The van der Waals surface area contributed by atoms with E-state index in [4.69, 9.17) is 16.3 Å². The van der Waals surface area contributed by atoms with Gasteiger partial charge in [0.05, 0.1) is 10.7 Å². The fourth-order valence-electron chi connectivity index (χ4n) is 3.08. The van der Waals surface area contributed by atoms with E-state index >= 15 is 0 Å². The van der Waals surface area contributed by atoms with Crippen LogP contribution in [0.1, 0.15) is 43.8 Å². The van der Waals surface area contributed by atoms with E-state index in [9.17, 15) is 4.79 Å². The molecule has 25 heavy (non-hydrogen) atoms. The molecule has 8 heteroatoms. The topological polar surface area (TPSA) is 81.9 Å². The Bertz CT molecular complexity index is 768. The summed E-state index contributed by atoms with van der Waals surface area (Å²) < 4.78 is 7.02. The summed E-state index contributed by atoms with van der Waals surface area (Å²) in [5, 5.41) is 15.4. The number of nitrogens with zero attached hydrogens (tertiary/aromatic N) is 4. The molecule has 1 saturated heterocycles. The molecule has 2 fully saturated rings. The minimum absolute atomic E-state index is 0.000644. The predicted molar refractivity (Wildman–Crippen MR) is 92.9 cm³/mol. The average molecular weight is 362 g/mol. The van der Waals surface area contributed by atoms with Crippen LogP contribution < -0.4 is 5.32 Å². The summed E-state index contributed by atoms with van der Waals surface area (Å²) in [4.78, 5) is 12.2. The molecule has 1 amide bonds. The number of rotatable bonds is 6. The number of benzene rings is 1. The number of ether oxygens (including phenoxy) is 1. The molecule has 1 aliphatic carbocycles. The standard InChI is InChI=1S/C17H20ClN5O2/c18-14-5-4-13(19-16(24)6-1-11-7-8-25-10-11)9-15(14)23-17(12-2-3-12)20-21-22-23/h4-5,9,11-12H,1-3,6-8,10H2,(H,19,24)/t11-/m0/s1. The normalized spacial score (nSPS) is 20.0. The van der Waals surface area contributed by atoms with Gasteiger partial charge >= 0.3 is 0 Å². The smallest absolute Gasteiger partial charge is 0.224 e. The monoisotopic (exact) mass is 361 g/mol. The third kappa shape index (κ3) is 3.82. The fourth-order valence-corrected chi connectivity index (χ4v) is 3.28. The Hall–Kier alpha value is -1.99. The first-order valence-corrected chi connectivity index (χ1v) is 9.04. The Morgan fingerprint density at radius 1 is 1.36 bits per heavy atom. The van der Waals surface area contributed by atoms with Crippen LogP contribution in [0, 0.1) is 5.92 Å². The quantitative estimate of drug-likeness (QED) is 0.855. The van der Waals surface area contributed by atoms with Gasteiger partial charge in [0.25, 0.3) is 0 Å². The molecule has 1 aromatic heterocycles. The molecular formula is C17H20ClN5O2. The van der Waals surface area contributed by atoms with E-state index in [1.54, 1.807) is 16.8 Å². The second-order valence-corrected chi connectivity index (χ2v) is 7.11. The van der Waals surface area contributed by atoms with E-state index in [1.165, 1.54) is 0 Å². The van der Waals surface area contributed by atoms with Crippen molar-refractivity contribution >= 4 is 23.2 Å². The Morgan fingerprint density at radius 2 is 2.24 bits per heavy atom. The molecule has 0 bridgehead atoms. The maximum absolute atomic E-state index is 12.2. The molecule has 0 spiro atoms. The summed E-state index contributed by atoms with van der Waals surface area (Å²) >= 11 is 6.33. The number of amides is 1. The van der Waals surface area contributed by atoms with E-state index < -0.39 is 0 Å².